The Bertz CT molecular complexity index is 919. The Labute approximate surface area is 158 Å². The second kappa shape index (κ2) is 7.83. The van der Waals surface area contributed by atoms with Crippen LogP contribution in [0.15, 0.2) is 48.5 Å². The summed E-state index contributed by atoms with van der Waals surface area (Å²) >= 11 is 6.17. The maximum absolute atomic E-state index is 12.2. The summed E-state index contributed by atoms with van der Waals surface area (Å²) < 4.78 is 7.54. The number of aryl methyl sites for hydroxylation is 1. The van der Waals surface area contributed by atoms with Crippen LogP contribution >= 0.6 is 11.6 Å². The fraction of sp³-hybridized carbons (Fsp3) is 0.286. The van der Waals surface area contributed by atoms with Crippen LogP contribution in [0.5, 0.6) is 0 Å². The van der Waals surface area contributed by atoms with Crippen molar-refractivity contribution in [2.75, 3.05) is 13.6 Å². The number of amides is 1. The van der Waals surface area contributed by atoms with E-state index in [1.54, 1.807) is 11.9 Å². The lowest BCUT2D eigenvalue weighted by Crippen LogP contribution is -2.29. The van der Waals surface area contributed by atoms with E-state index < -0.39 is 0 Å². The first-order valence-electron chi connectivity index (χ1n) is 8.62. The summed E-state index contributed by atoms with van der Waals surface area (Å²) in [6, 6.07) is 15.6. The molecule has 3 rings (SSSR count). The average molecular weight is 371 g/mol. The van der Waals surface area contributed by atoms with E-state index in [9.17, 15) is 4.79 Å². The largest absolute Gasteiger partial charge is 0.445 e. The van der Waals surface area contributed by atoms with E-state index in [0.29, 0.717) is 6.54 Å². The van der Waals surface area contributed by atoms with E-state index in [1.807, 2.05) is 55.6 Å². The summed E-state index contributed by atoms with van der Waals surface area (Å²) in [5.74, 6) is 0. The Morgan fingerprint density at radius 3 is 2.65 bits per heavy atom. The minimum Gasteiger partial charge on any atom is -0.445 e. The number of carbonyl (C=O) groups is 1. The predicted molar refractivity (Wildman–Crippen MR) is 106 cm³/mol. The van der Waals surface area contributed by atoms with Crippen molar-refractivity contribution in [1.82, 2.24) is 9.47 Å². The fourth-order valence-corrected chi connectivity index (χ4v) is 3.31. The van der Waals surface area contributed by atoms with Gasteiger partial charge in [-0.2, -0.15) is 0 Å². The van der Waals surface area contributed by atoms with Crippen LogP contribution in [0.1, 0.15) is 16.8 Å². The molecule has 2 aromatic carbocycles. The van der Waals surface area contributed by atoms with E-state index in [2.05, 4.69) is 11.5 Å². The van der Waals surface area contributed by atoms with Gasteiger partial charge in [0.05, 0.1) is 0 Å². The zero-order chi connectivity index (χ0) is 18.7. The summed E-state index contributed by atoms with van der Waals surface area (Å²) in [6.07, 6.45) is 0.435. The summed E-state index contributed by atoms with van der Waals surface area (Å²) in [6.45, 7) is 2.96. The number of rotatable bonds is 5. The molecule has 0 aliphatic rings. The summed E-state index contributed by atoms with van der Waals surface area (Å²) in [7, 11) is 3.81. The van der Waals surface area contributed by atoms with Crippen molar-refractivity contribution >= 4 is 28.6 Å². The lowest BCUT2D eigenvalue weighted by Gasteiger charge is -2.17. The molecule has 5 heteroatoms. The summed E-state index contributed by atoms with van der Waals surface area (Å²) in [4.78, 5) is 13.8. The summed E-state index contributed by atoms with van der Waals surface area (Å²) in [5.41, 5.74) is 4.53. The molecular formula is C21H23ClN2O2. The normalized spacial score (nSPS) is 10.9. The quantitative estimate of drug-likeness (QED) is 0.636. The highest BCUT2D eigenvalue weighted by molar-refractivity contribution is 6.31. The lowest BCUT2D eigenvalue weighted by atomic mass is 10.1. The number of likely N-dealkylation sites (N-methyl/N-ethyl adjacent to an activating group) is 1. The molecule has 26 heavy (non-hydrogen) atoms. The van der Waals surface area contributed by atoms with Crippen LogP contribution < -0.4 is 0 Å². The Kier molecular flexibility index (Phi) is 5.52. The molecule has 0 fully saturated rings. The van der Waals surface area contributed by atoms with Crippen LogP contribution in [-0.4, -0.2) is 29.2 Å². The Morgan fingerprint density at radius 2 is 1.92 bits per heavy atom. The molecule has 4 nitrogen and oxygen atoms in total. The smallest absolute Gasteiger partial charge is 0.409 e. The number of hydrogen-bond donors (Lipinski definition) is 0. The molecular weight excluding hydrogens is 348 g/mol. The highest BCUT2D eigenvalue weighted by Gasteiger charge is 2.15. The van der Waals surface area contributed by atoms with Crippen LogP contribution in [0.4, 0.5) is 4.79 Å². The number of halogens is 1. The van der Waals surface area contributed by atoms with Gasteiger partial charge in [0.15, 0.2) is 0 Å². The molecule has 136 valence electrons. The van der Waals surface area contributed by atoms with Gasteiger partial charge in [-0.15, -0.1) is 0 Å². The molecule has 1 heterocycles. The van der Waals surface area contributed by atoms with Crippen molar-refractivity contribution in [3.8, 4) is 0 Å². The topological polar surface area (TPSA) is 34.5 Å². The molecule has 0 aliphatic carbocycles. The monoisotopic (exact) mass is 370 g/mol. The first-order valence-corrected chi connectivity index (χ1v) is 9.00. The molecule has 0 aliphatic heterocycles. The Balaban J connectivity index is 1.65. The second-order valence-corrected chi connectivity index (χ2v) is 6.93. The van der Waals surface area contributed by atoms with E-state index >= 15 is 0 Å². The molecule has 0 N–H and O–H groups in total. The lowest BCUT2D eigenvalue weighted by molar-refractivity contribution is 0.105. The maximum Gasteiger partial charge on any atom is 0.409 e. The Morgan fingerprint density at radius 1 is 1.19 bits per heavy atom. The molecule has 0 atom stereocenters. The number of aromatic nitrogens is 1. The zero-order valence-corrected chi connectivity index (χ0v) is 16.1. The SMILES string of the molecule is Cc1c(CCN(C)C(=O)OCc2ccccc2)c2cc(Cl)ccc2n1C. The molecule has 3 aromatic rings. The van der Waals surface area contributed by atoms with Crippen LogP contribution in [0.25, 0.3) is 10.9 Å². The van der Waals surface area contributed by atoms with Gasteiger partial charge in [-0.05, 0) is 42.7 Å². The first-order chi connectivity index (χ1) is 12.5. The van der Waals surface area contributed by atoms with Crippen molar-refractivity contribution in [2.45, 2.75) is 20.0 Å². The molecule has 0 radical (unpaired) electrons. The first kappa shape index (κ1) is 18.3. The van der Waals surface area contributed by atoms with Gasteiger partial charge in [0.1, 0.15) is 6.61 Å². The van der Waals surface area contributed by atoms with Gasteiger partial charge in [-0.3, -0.25) is 0 Å². The van der Waals surface area contributed by atoms with Crippen molar-refractivity contribution in [3.05, 3.63) is 70.4 Å². The molecule has 0 unspecified atom stereocenters. The Hall–Kier alpha value is -2.46. The van der Waals surface area contributed by atoms with Gasteiger partial charge in [0, 0.05) is 42.3 Å². The van der Waals surface area contributed by atoms with Gasteiger partial charge >= 0.3 is 6.09 Å². The number of fused-ring (bicyclic) bond motifs is 1. The highest BCUT2D eigenvalue weighted by atomic mass is 35.5. The van der Waals surface area contributed by atoms with E-state index in [4.69, 9.17) is 16.3 Å². The highest BCUT2D eigenvalue weighted by Crippen LogP contribution is 2.28. The van der Waals surface area contributed by atoms with Crippen LogP contribution in [0, 0.1) is 6.92 Å². The maximum atomic E-state index is 12.2. The van der Waals surface area contributed by atoms with Crippen molar-refractivity contribution in [2.24, 2.45) is 7.05 Å². The molecule has 0 spiro atoms. The molecule has 1 aromatic heterocycles. The van der Waals surface area contributed by atoms with E-state index in [0.717, 1.165) is 27.9 Å². The molecule has 0 saturated heterocycles. The zero-order valence-electron chi connectivity index (χ0n) is 15.3. The van der Waals surface area contributed by atoms with Gasteiger partial charge < -0.3 is 14.2 Å². The third kappa shape index (κ3) is 3.86. The van der Waals surface area contributed by atoms with Gasteiger partial charge in [-0.1, -0.05) is 41.9 Å². The van der Waals surface area contributed by atoms with Crippen LogP contribution in [-0.2, 0) is 24.8 Å². The number of benzene rings is 2. The van der Waals surface area contributed by atoms with Crippen molar-refractivity contribution in [3.63, 3.8) is 0 Å². The third-order valence-electron chi connectivity index (χ3n) is 4.80. The number of nitrogens with zero attached hydrogens (tertiary/aromatic N) is 2. The van der Waals surface area contributed by atoms with Crippen molar-refractivity contribution < 1.29 is 9.53 Å². The molecule has 0 bridgehead atoms. The second-order valence-electron chi connectivity index (χ2n) is 6.50. The fourth-order valence-electron chi connectivity index (χ4n) is 3.14. The summed E-state index contributed by atoms with van der Waals surface area (Å²) in [5, 5.41) is 1.86. The van der Waals surface area contributed by atoms with Crippen LogP contribution in [0.3, 0.4) is 0 Å². The average Bonchev–Trinajstić information content (AvgIpc) is 2.88. The van der Waals surface area contributed by atoms with Gasteiger partial charge in [0.2, 0.25) is 0 Å². The minimum absolute atomic E-state index is 0.285. The van der Waals surface area contributed by atoms with Crippen molar-refractivity contribution in [1.29, 1.82) is 0 Å². The minimum atomic E-state index is -0.315. The molecule has 0 saturated carbocycles. The number of hydrogen-bond acceptors (Lipinski definition) is 2. The van der Waals surface area contributed by atoms with Gasteiger partial charge in [0.25, 0.3) is 0 Å². The predicted octanol–water partition coefficient (Wildman–Crippen LogP) is 4.95. The van der Waals surface area contributed by atoms with Crippen LogP contribution in [0.2, 0.25) is 5.02 Å². The van der Waals surface area contributed by atoms with E-state index in [-0.39, 0.29) is 12.7 Å². The number of ether oxygens (including phenoxy) is 1. The standard InChI is InChI=1S/C21H23ClN2O2/c1-15-18(19-13-17(22)9-10-20(19)24(15)3)11-12-23(2)21(25)26-14-16-7-5-4-6-8-16/h4-10,13H,11-12,14H2,1-3H3. The van der Waals surface area contributed by atoms with Gasteiger partial charge in [-0.25, -0.2) is 4.79 Å². The molecule has 1 amide bonds. The number of carbonyl (C=O) groups excluding carboxylic acids is 1. The third-order valence-corrected chi connectivity index (χ3v) is 5.03. The van der Waals surface area contributed by atoms with E-state index in [1.165, 1.54) is 11.3 Å².